The predicted molar refractivity (Wildman–Crippen MR) is 123 cm³/mol. The molecular weight excluding hydrogens is 431 g/mol. The van der Waals surface area contributed by atoms with E-state index in [0.717, 1.165) is 30.2 Å². The number of hydrogen-bond donors (Lipinski definition) is 2. The predicted octanol–water partition coefficient (Wildman–Crippen LogP) is 5.37. The van der Waals surface area contributed by atoms with E-state index in [-0.39, 0.29) is 16.1 Å². The van der Waals surface area contributed by atoms with Crippen LogP contribution < -0.4 is 14.8 Å². The number of rotatable bonds is 9. The molecule has 0 aliphatic rings. The number of unbranched alkanes of at least 4 members (excludes halogenated alkanes) is 1. The molecule has 0 unspecified atom stereocenters. The van der Waals surface area contributed by atoms with Gasteiger partial charge in [-0.2, -0.15) is 0 Å². The van der Waals surface area contributed by atoms with Crippen LogP contribution in [0, 0.1) is 12.7 Å². The van der Waals surface area contributed by atoms with Crippen LogP contribution >= 0.6 is 0 Å². The summed E-state index contributed by atoms with van der Waals surface area (Å²) in [7, 11) is -4.08. The van der Waals surface area contributed by atoms with E-state index < -0.39 is 21.7 Å². The lowest BCUT2D eigenvalue weighted by Gasteiger charge is -2.12. The molecule has 0 bridgehead atoms. The molecular formula is C24H25FN2O4S. The topological polar surface area (TPSA) is 84.5 Å². The second kappa shape index (κ2) is 10.3. The van der Waals surface area contributed by atoms with Crippen molar-refractivity contribution in [3.63, 3.8) is 0 Å². The molecule has 8 heteroatoms. The standard InChI is InChI=1S/C24H25FN2O4S/c1-3-4-14-31-19-12-13-22(17(2)15-19)26-24(28)18-8-7-9-20(16-18)32(29,30)27-23-11-6-5-10-21(23)25/h5-13,15-16,27H,3-4,14H2,1-2H3,(H,26,28). The van der Waals surface area contributed by atoms with Gasteiger partial charge in [0.1, 0.15) is 11.6 Å². The lowest BCUT2D eigenvalue weighted by Crippen LogP contribution is -2.16. The number of benzene rings is 3. The zero-order chi connectivity index (χ0) is 23.1. The number of hydrogen-bond acceptors (Lipinski definition) is 4. The Morgan fingerprint density at radius 3 is 2.50 bits per heavy atom. The first kappa shape index (κ1) is 23.3. The summed E-state index contributed by atoms with van der Waals surface area (Å²) in [5, 5.41) is 2.79. The molecule has 0 aliphatic heterocycles. The first-order valence-corrected chi connectivity index (χ1v) is 11.7. The summed E-state index contributed by atoms with van der Waals surface area (Å²) in [6, 6.07) is 16.4. The lowest BCUT2D eigenvalue weighted by atomic mass is 10.1. The third kappa shape index (κ3) is 5.85. The first-order valence-electron chi connectivity index (χ1n) is 10.2. The van der Waals surface area contributed by atoms with E-state index in [9.17, 15) is 17.6 Å². The second-order valence-corrected chi connectivity index (χ2v) is 8.93. The normalized spacial score (nSPS) is 11.1. The molecule has 0 atom stereocenters. The average Bonchev–Trinajstić information content (AvgIpc) is 2.77. The zero-order valence-corrected chi connectivity index (χ0v) is 18.7. The van der Waals surface area contributed by atoms with Crippen molar-refractivity contribution in [1.29, 1.82) is 0 Å². The van der Waals surface area contributed by atoms with Crippen LogP contribution in [0.15, 0.2) is 71.6 Å². The van der Waals surface area contributed by atoms with E-state index in [1.807, 2.05) is 13.0 Å². The van der Waals surface area contributed by atoms with Gasteiger partial charge in [0.25, 0.3) is 15.9 Å². The number of carbonyl (C=O) groups is 1. The van der Waals surface area contributed by atoms with E-state index in [1.54, 1.807) is 12.1 Å². The lowest BCUT2D eigenvalue weighted by molar-refractivity contribution is 0.102. The summed E-state index contributed by atoms with van der Waals surface area (Å²) >= 11 is 0. The maximum absolute atomic E-state index is 13.8. The monoisotopic (exact) mass is 456 g/mol. The van der Waals surface area contributed by atoms with Crippen molar-refractivity contribution in [3.05, 3.63) is 83.7 Å². The summed E-state index contributed by atoms with van der Waals surface area (Å²) in [6.07, 6.45) is 2.00. The Morgan fingerprint density at radius 2 is 1.78 bits per heavy atom. The van der Waals surface area contributed by atoms with Crippen LogP contribution in [-0.4, -0.2) is 20.9 Å². The average molecular weight is 457 g/mol. The molecule has 32 heavy (non-hydrogen) atoms. The minimum Gasteiger partial charge on any atom is -0.494 e. The summed E-state index contributed by atoms with van der Waals surface area (Å²) in [6.45, 7) is 4.56. The van der Waals surface area contributed by atoms with E-state index in [1.165, 1.54) is 42.5 Å². The van der Waals surface area contributed by atoms with Gasteiger partial charge in [-0.15, -0.1) is 0 Å². The molecule has 3 aromatic carbocycles. The molecule has 1 amide bonds. The maximum atomic E-state index is 13.8. The van der Waals surface area contributed by atoms with E-state index in [4.69, 9.17) is 4.74 Å². The molecule has 6 nitrogen and oxygen atoms in total. The highest BCUT2D eigenvalue weighted by Crippen LogP contribution is 2.23. The number of amides is 1. The number of carbonyl (C=O) groups excluding carboxylic acids is 1. The third-order valence-electron chi connectivity index (χ3n) is 4.74. The molecule has 0 spiro atoms. The van der Waals surface area contributed by atoms with Gasteiger partial charge in [-0.05, 0) is 67.4 Å². The molecule has 0 saturated heterocycles. The first-order chi connectivity index (χ1) is 15.3. The highest BCUT2D eigenvalue weighted by molar-refractivity contribution is 7.92. The van der Waals surface area contributed by atoms with Crippen LogP contribution in [-0.2, 0) is 10.0 Å². The fraction of sp³-hybridized carbons (Fsp3) is 0.208. The van der Waals surface area contributed by atoms with Crippen LogP contribution in [0.1, 0.15) is 35.7 Å². The minimum atomic E-state index is -4.08. The molecule has 2 N–H and O–H groups in total. The number of sulfonamides is 1. The fourth-order valence-electron chi connectivity index (χ4n) is 2.95. The Bertz CT molecular complexity index is 1210. The fourth-order valence-corrected chi connectivity index (χ4v) is 4.06. The van der Waals surface area contributed by atoms with Crippen LogP contribution in [0.25, 0.3) is 0 Å². The smallest absolute Gasteiger partial charge is 0.262 e. The van der Waals surface area contributed by atoms with E-state index in [2.05, 4.69) is 17.0 Å². The Morgan fingerprint density at radius 1 is 1.00 bits per heavy atom. The van der Waals surface area contributed by atoms with E-state index in [0.29, 0.717) is 12.3 Å². The Balaban J connectivity index is 1.75. The van der Waals surface area contributed by atoms with Gasteiger partial charge >= 0.3 is 0 Å². The van der Waals surface area contributed by atoms with Gasteiger partial charge in [0.2, 0.25) is 0 Å². The van der Waals surface area contributed by atoms with Crippen molar-refractivity contribution in [3.8, 4) is 5.75 Å². The minimum absolute atomic E-state index is 0.148. The molecule has 0 radical (unpaired) electrons. The van der Waals surface area contributed by atoms with Crippen LogP contribution in [0.2, 0.25) is 0 Å². The van der Waals surface area contributed by atoms with Gasteiger partial charge in [0, 0.05) is 11.3 Å². The Kier molecular flexibility index (Phi) is 7.48. The number of halogens is 1. The van der Waals surface area contributed by atoms with Gasteiger partial charge in [-0.25, -0.2) is 12.8 Å². The van der Waals surface area contributed by atoms with Gasteiger partial charge in [0.15, 0.2) is 0 Å². The van der Waals surface area contributed by atoms with Gasteiger partial charge in [0.05, 0.1) is 17.2 Å². The molecule has 0 fully saturated rings. The van der Waals surface area contributed by atoms with Crippen molar-refractivity contribution >= 4 is 27.3 Å². The van der Waals surface area contributed by atoms with Crippen LogP contribution in [0.4, 0.5) is 15.8 Å². The molecule has 168 valence electrons. The Labute approximate surface area is 187 Å². The van der Waals surface area contributed by atoms with Gasteiger partial charge < -0.3 is 10.1 Å². The van der Waals surface area contributed by atoms with Gasteiger partial charge in [-0.1, -0.05) is 31.5 Å². The zero-order valence-electron chi connectivity index (χ0n) is 17.9. The second-order valence-electron chi connectivity index (χ2n) is 7.25. The summed E-state index contributed by atoms with van der Waals surface area (Å²) < 4.78 is 47.0. The maximum Gasteiger partial charge on any atom is 0.262 e. The third-order valence-corrected chi connectivity index (χ3v) is 6.10. The molecule has 3 rings (SSSR count). The molecule has 0 saturated carbocycles. The molecule has 0 aliphatic carbocycles. The van der Waals surface area contributed by atoms with Crippen LogP contribution in [0.5, 0.6) is 5.75 Å². The van der Waals surface area contributed by atoms with Crippen molar-refractivity contribution in [2.24, 2.45) is 0 Å². The number of anilines is 2. The number of para-hydroxylation sites is 1. The van der Waals surface area contributed by atoms with Crippen LogP contribution in [0.3, 0.4) is 0 Å². The van der Waals surface area contributed by atoms with Crippen molar-refractivity contribution in [1.82, 2.24) is 0 Å². The van der Waals surface area contributed by atoms with E-state index >= 15 is 0 Å². The molecule has 0 aromatic heterocycles. The van der Waals surface area contributed by atoms with Crippen molar-refractivity contribution in [2.75, 3.05) is 16.6 Å². The highest BCUT2D eigenvalue weighted by Gasteiger charge is 2.18. The number of nitrogens with one attached hydrogen (secondary N) is 2. The SMILES string of the molecule is CCCCOc1ccc(NC(=O)c2cccc(S(=O)(=O)Nc3ccccc3F)c2)c(C)c1. The summed E-state index contributed by atoms with van der Waals surface area (Å²) in [5.41, 5.74) is 1.40. The summed E-state index contributed by atoms with van der Waals surface area (Å²) in [4.78, 5) is 12.6. The number of aryl methyl sites for hydroxylation is 1. The Hall–Kier alpha value is -3.39. The highest BCUT2D eigenvalue weighted by atomic mass is 32.2. The molecule has 3 aromatic rings. The number of ether oxygens (including phenoxy) is 1. The quantitative estimate of drug-likeness (QED) is 0.424. The largest absolute Gasteiger partial charge is 0.494 e. The van der Waals surface area contributed by atoms with Crippen molar-refractivity contribution < 1.29 is 22.3 Å². The van der Waals surface area contributed by atoms with Crippen molar-refractivity contribution in [2.45, 2.75) is 31.6 Å². The van der Waals surface area contributed by atoms with Gasteiger partial charge in [-0.3, -0.25) is 9.52 Å². The molecule has 0 heterocycles. The summed E-state index contributed by atoms with van der Waals surface area (Å²) in [5.74, 6) is -0.431.